The van der Waals surface area contributed by atoms with Crippen molar-refractivity contribution >= 4 is 11.3 Å². The van der Waals surface area contributed by atoms with Crippen molar-refractivity contribution in [2.45, 2.75) is 64.8 Å². The maximum Gasteiger partial charge on any atom is 0.155 e. The highest BCUT2D eigenvalue weighted by Gasteiger charge is 2.50. The molecule has 1 aliphatic carbocycles. The molecule has 1 atom stereocenters. The van der Waals surface area contributed by atoms with Gasteiger partial charge in [0.2, 0.25) is 0 Å². The van der Waals surface area contributed by atoms with Gasteiger partial charge >= 0.3 is 0 Å². The molecule has 1 unspecified atom stereocenters. The van der Waals surface area contributed by atoms with Crippen LogP contribution < -0.4 is 0 Å². The minimum Gasteiger partial charge on any atom is -0.297 e. The van der Waals surface area contributed by atoms with E-state index in [1.807, 2.05) is 5.51 Å². The van der Waals surface area contributed by atoms with Gasteiger partial charge in [0.1, 0.15) is 5.82 Å². The largest absolute Gasteiger partial charge is 0.297 e. The average molecular weight is 346 g/mol. The van der Waals surface area contributed by atoms with Gasteiger partial charge in [-0.2, -0.15) is 5.10 Å². The van der Waals surface area contributed by atoms with E-state index >= 15 is 0 Å². The van der Waals surface area contributed by atoms with Crippen LogP contribution in [0.2, 0.25) is 0 Å². The Balaban J connectivity index is 1.56. The molecule has 0 aromatic carbocycles. The number of hydrogen-bond acceptors (Lipinski definition) is 5. The van der Waals surface area contributed by atoms with Crippen molar-refractivity contribution in [1.82, 2.24) is 25.1 Å². The monoisotopic (exact) mass is 345 g/mol. The van der Waals surface area contributed by atoms with Crippen LogP contribution in [0.1, 0.15) is 67.2 Å². The molecule has 6 heteroatoms. The number of rotatable bonds is 5. The topological polar surface area (TPSA) is 57.7 Å². The quantitative estimate of drug-likeness (QED) is 0.898. The smallest absolute Gasteiger partial charge is 0.155 e. The number of nitrogens with zero attached hydrogens (tertiary/aromatic N) is 4. The molecule has 2 aromatic rings. The molecule has 1 N–H and O–H groups in total. The third-order valence-corrected chi connectivity index (χ3v) is 6.80. The van der Waals surface area contributed by atoms with E-state index in [0.717, 1.165) is 37.6 Å². The lowest BCUT2D eigenvalue weighted by molar-refractivity contribution is 0.245. The second-order valence-electron chi connectivity index (χ2n) is 7.54. The third kappa shape index (κ3) is 2.90. The first-order valence-electron chi connectivity index (χ1n) is 9.23. The molecule has 0 bridgehead atoms. The number of aryl methyl sites for hydroxylation is 2. The average Bonchev–Trinajstić information content (AvgIpc) is 3.32. The summed E-state index contributed by atoms with van der Waals surface area (Å²) < 4.78 is 0. The zero-order valence-corrected chi connectivity index (χ0v) is 15.5. The van der Waals surface area contributed by atoms with Gasteiger partial charge in [-0.1, -0.05) is 19.8 Å². The summed E-state index contributed by atoms with van der Waals surface area (Å²) in [6.45, 7) is 7.61. The molecule has 24 heavy (non-hydrogen) atoms. The standard InChI is InChI=1S/C18H27N5S/c1-3-6-16-20-17(22-21-16)14-9-23(10-15-13(2)19-12-24-15)11-18(14)7-4-5-8-18/h12,14H,3-11H2,1-2H3,(H,20,21,22). The van der Waals surface area contributed by atoms with E-state index in [4.69, 9.17) is 4.98 Å². The fourth-order valence-corrected chi connectivity index (χ4v) is 5.45. The Labute approximate surface area is 147 Å². The van der Waals surface area contributed by atoms with Gasteiger partial charge in [0, 0.05) is 36.9 Å². The molecule has 2 aliphatic rings. The summed E-state index contributed by atoms with van der Waals surface area (Å²) in [4.78, 5) is 13.3. The van der Waals surface area contributed by atoms with E-state index in [2.05, 4.69) is 33.9 Å². The van der Waals surface area contributed by atoms with E-state index in [1.54, 1.807) is 11.3 Å². The van der Waals surface area contributed by atoms with E-state index in [1.165, 1.54) is 42.8 Å². The number of aromatic amines is 1. The Bertz CT molecular complexity index is 685. The summed E-state index contributed by atoms with van der Waals surface area (Å²) in [5.41, 5.74) is 3.55. The van der Waals surface area contributed by atoms with Gasteiger partial charge in [-0.25, -0.2) is 9.97 Å². The fraction of sp³-hybridized carbons (Fsp3) is 0.722. The van der Waals surface area contributed by atoms with Gasteiger partial charge in [0.05, 0.1) is 11.2 Å². The van der Waals surface area contributed by atoms with Crippen LogP contribution in [0.25, 0.3) is 0 Å². The summed E-state index contributed by atoms with van der Waals surface area (Å²) in [6.07, 6.45) is 7.48. The number of nitrogens with one attached hydrogen (secondary N) is 1. The Kier molecular flexibility index (Phi) is 4.43. The predicted molar refractivity (Wildman–Crippen MR) is 96.1 cm³/mol. The molecular weight excluding hydrogens is 318 g/mol. The minimum absolute atomic E-state index is 0.393. The molecule has 1 aliphatic heterocycles. The molecule has 3 heterocycles. The van der Waals surface area contributed by atoms with Gasteiger partial charge in [-0.3, -0.25) is 10.00 Å². The van der Waals surface area contributed by atoms with Crippen LogP contribution in [-0.2, 0) is 13.0 Å². The second kappa shape index (κ2) is 6.56. The van der Waals surface area contributed by atoms with Gasteiger partial charge in [0.25, 0.3) is 0 Å². The van der Waals surface area contributed by atoms with E-state index < -0.39 is 0 Å². The van der Waals surface area contributed by atoms with Crippen molar-refractivity contribution in [3.63, 3.8) is 0 Å². The zero-order valence-electron chi connectivity index (χ0n) is 14.7. The molecule has 0 radical (unpaired) electrons. The Morgan fingerprint density at radius 3 is 2.92 bits per heavy atom. The normalized spacial score (nSPS) is 23.5. The zero-order chi connectivity index (χ0) is 16.6. The lowest BCUT2D eigenvalue weighted by atomic mass is 9.76. The maximum absolute atomic E-state index is 4.85. The van der Waals surface area contributed by atoms with Crippen LogP contribution in [0.4, 0.5) is 0 Å². The van der Waals surface area contributed by atoms with Crippen molar-refractivity contribution in [3.05, 3.63) is 27.7 Å². The van der Waals surface area contributed by atoms with Crippen LogP contribution in [-0.4, -0.2) is 38.2 Å². The number of H-pyrrole nitrogens is 1. The SMILES string of the molecule is CCCc1nc(C2CN(Cc3scnc3C)CC23CCCC3)n[nH]1. The summed E-state index contributed by atoms with van der Waals surface area (Å²) in [6, 6.07) is 0. The number of aromatic nitrogens is 4. The van der Waals surface area contributed by atoms with Crippen molar-refractivity contribution < 1.29 is 0 Å². The summed E-state index contributed by atoms with van der Waals surface area (Å²) in [5.74, 6) is 2.59. The number of likely N-dealkylation sites (tertiary alicyclic amines) is 1. The Morgan fingerprint density at radius 1 is 1.38 bits per heavy atom. The van der Waals surface area contributed by atoms with Gasteiger partial charge < -0.3 is 0 Å². The highest BCUT2D eigenvalue weighted by Crippen LogP contribution is 2.53. The first-order chi connectivity index (χ1) is 11.7. The number of hydrogen-bond donors (Lipinski definition) is 1. The number of thiazole rings is 1. The molecule has 2 fully saturated rings. The molecule has 1 spiro atoms. The lowest BCUT2D eigenvalue weighted by Gasteiger charge is -2.28. The van der Waals surface area contributed by atoms with Crippen molar-refractivity contribution in [2.24, 2.45) is 5.41 Å². The summed E-state index contributed by atoms with van der Waals surface area (Å²) in [5, 5.41) is 7.78. The van der Waals surface area contributed by atoms with Gasteiger partial charge in [0.15, 0.2) is 5.82 Å². The van der Waals surface area contributed by atoms with Crippen LogP contribution in [0, 0.1) is 12.3 Å². The second-order valence-corrected chi connectivity index (χ2v) is 8.48. The lowest BCUT2D eigenvalue weighted by Crippen LogP contribution is -2.27. The molecule has 5 nitrogen and oxygen atoms in total. The van der Waals surface area contributed by atoms with Crippen LogP contribution in [0.3, 0.4) is 0 Å². The summed E-state index contributed by atoms with van der Waals surface area (Å²) >= 11 is 1.78. The van der Waals surface area contributed by atoms with Crippen molar-refractivity contribution in [3.8, 4) is 0 Å². The Hall–Kier alpha value is -1.27. The van der Waals surface area contributed by atoms with Crippen LogP contribution in [0.5, 0.6) is 0 Å². The molecule has 0 amide bonds. The molecular formula is C18H27N5S. The van der Waals surface area contributed by atoms with E-state index in [9.17, 15) is 0 Å². The first-order valence-corrected chi connectivity index (χ1v) is 10.1. The first kappa shape index (κ1) is 16.2. The minimum atomic E-state index is 0.393. The molecule has 4 rings (SSSR count). The third-order valence-electron chi connectivity index (χ3n) is 5.88. The van der Waals surface area contributed by atoms with Crippen LogP contribution >= 0.6 is 11.3 Å². The van der Waals surface area contributed by atoms with Crippen LogP contribution in [0.15, 0.2) is 5.51 Å². The highest BCUT2D eigenvalue weighted by molar-refractivity contribution is 7.09. The molecule has 1 saturated carbocycles. The highest BCUT2D eigenvalue weighted by atomic mass is 32.1. The van der Waals surface area contributed by atoms with Gasteiger partial charge in [-0.15, -0.1) is 11.3 Å². The van der Waals surface area contributed by atoms with E-state index in [-0.39, 0.29) is 0 Å². The molecule has 130 valence electrons. The predicted octanol–water partition coefficient (Wildman–Crippen LogP) is 3.68. The maximum atomic E-state index is 4.85. The van der Waals surface area contributed by atoms with E-state index in [0.29, 0.717) is 11.3 Å². The molecule has 2 aromatic heterocycles. The van der Waals surface area contributed by atoms with Gasteiger partial charge in [-0.05, 0) is 31.6 Å². The summed E-state index contributed by atoms with van der Waals surface area (Å²) in [7, 11) is 0. The van der Waals surface area contributed by atoms with Crippen molar-refractivity contribution in [1.29, 1.82) is 0 Å². The van der Waals surface area contributed by atoms with Crippen molar-refractivity contribution in [2.75, 3.05) is 13.1 Å². The fourth-order valence-electron chi connectivity index (χ4n) is 4.63. The molecule has 1 saturated heterocycles. The Morgan fingerprint density at radius 2 is 2.21 bits per heavy atom.